The summed E-state index contributed by atoms with van der Waals surface area (Å²) in [7, 11) is -1.04. The van der Waals surface area contributed by atoms with Crippen LogP contribution in [0.5, 0.6) is 0 Å². The number of aliphatic hydroxyl groups excluding tert-OH is 1. The smallest absolute Gasteiger partial charge is 0.350 e. The number of alkyl halides is 1. The maximum Gasteiger partial charge on any atom is 0.350 e. The van der Waals surface area contributed by atoms with E-state index in [1.54, 1.807) is 24.3 Å². The Labute approximate surface area is 114 Å². The van der Waals surface area contributed by atoms with Gasteiger partial charge in [0.15, 0.2) is 5.12 Å². The van der Waals surface area contributed by atoms with Gasteiger partial charge in [0, 0.05) is 18.7 Å². The van der Waals surface area contributed by atoms with E-state index in [9.17, 15) is 9.67 Å². The van der Waals surface area contributed by atoms with E-state index in [-0.39, 0.29) is 0 Å². The van der Waals surface area contributed by atoms with Crippen LogP contribution >= 0.6 is 35.1 Å². The second-order valence-electron chi connectivity index (χ2n) is 3.27. The molecular weight excluding hydrogens is 330 g/mol. The first-order valence-electron chi connectivity index (χ1n) is 4.73. The fourth-order valence-corrected chi connectivity index (χ4v) is 3.23. The van der Waals surface area contributed by atoms with E-state index < -0.39 is 18.8 Å². The van der Waals surface area contributed by atoms with Gasteiger partial charge in [-0.3, -0.25) is 4.57 Å². The lowest BCUT2D eigenvalue weighted by molar-refractivity contribution is 0.172. The topological polar surface area (TPSA) is 55.8 Å². The summed E-state index contributed by atoms with van der Waals surface area (Å²) in [5.74, 6) is 0. The van der Waals surface area contributed by atoms with Crippen molar-refractivity contribution in [3.05, 3.63) is 34.3 Å². The number of rotatable bonds is 5. The van der Waals surface area contributed by atoms with Crippen molar-refractivity contribution >= 4 is 35.1 Å². The van der Waals surface area contributed by atoms with Crippen LogP contribution in [0.3, 0.4) is 0 Å². The quantitative estimate of drug-likeness (QED) is 0.656. The molecular formula is C10H13BrClO4P. The van der Waals surface area contributed by atoms with E-state index in [4.69, 9.17) is 20.6 Å². The first kappa shape index (κ1) is 15.2. The summed E-state index contributed by atoms with van der Waals surface area (Å²) in [5, 5.41) is 8.84. The average Bonchev–Trinajstić information content (AvgIpc) is 2.37. The summed E-state index contributed by atoms with van der Waals surface area (Å²) < 4.78 is 22.4. The molecule has 0 spiro atoms. The number of halogens is 2. The molecule has 1 aromatic rings. The molecule has 0 amide bonds. The van der Waals surface area contributed by atoms with E-state index in [1.165, 1.54) is 14.2 Å². The molecule has 2 atom stereocenters. The zero-order valence-corrected chi connectivity index (χ0v) is 12.6. The summed E-state index contributed by atoms with van der Waals surface area (Å²) >= 11 is 9.22. The lowest BCUT2D eigenvalue weighted by Gasteiger charge is -2.23. The molecule has 1 aromatic carbocycles. The Morgan fingerprint density at radius 2 is 1.76 bits per heavy atom. The number of hydrogen-bond acceptors (Lipinski definition) is 4. The Morgan fingerprint density at radius 3 is 2.18 bits per heavy atom. The molecule has 0 aromatic heterocycles. The minimum Gasteiger partial charge on any atom is -0.386 e. The molecule has 0 bridgehead atoms. The molecule has 1 N–H and O–H groups in total. The molecule has 0 unspecified atom stereocenters. The highest BCUT2D eigenvalue weighted by Crippen LogP contribution is 2.57. The van der Waals surface area contributed by atoms with Gasteiger partial charge >= 0.3 is 7.60 Å². The highest BCUT2D eigenvalue weighted by atomic mass is 79.9. The summed E-state index contributed by atoms with van der Waals surface area (Å²) in [6, 6.07) is 6.87. The maximum atomic E-state index is 12.0. The summed E-state index contributed by atoms with van der Waals surface area (Å²) in [6.45, 7) is 0. The maximum absolute atomic E-state index is 12.0. The van der Waals surface area contributed by atoms with Gasteiger partial charge in [-0.1, -0.05) is 28.1 Å². The Balaban J connectivity index is 2.93. The zero-order chi connectivity index (χ0) is 13.1. The second-order valence-corrected chi connectivity index (χ2v) is 7.33. The summed E-state index contributed by atoms with van der Waals surface area (Å²) in [5.41, 5.74) is 0.544. The molecule has 17 heavy (non-hydrogen) atoms. The van der Waals surface area contributed by atoms with Crippen molar-refractivity contribution in [2.45, 2.75) is 11.2 Å². The van der Waals surface area contributed by atoms with Crippen molar-refractivity contribution in [2.75, 3.05) is 14.2 Å². The number of benzene rings is 1. The van der Waals surface area contributed by atoms with E-state index in [0.717, 1.165) is 4.47 Å². The van der Waals surface area contributed by atoms with Crippen molar-refractivity contribution in [1.82, 2.24) is 0 Å². The highest BCUT2D eigenvalue weighted by molar-refractivity contribution is 9.10. The lowest BCUT2D eigenvalue weighted by atomic mass is 10.1. The van der Waals surface area contributed by atoms with Gasteiger partial charge in [-0.2, -0.15) is 0 Å². The van der Waals surface area contributed by atoms with Gasteiger partial charge in [-0.25, -0.2) is 0 Å². The van der Waals surface area contributed by atoms with Crippen LogP contribution in [0.1, 0.15) is 11.7 Å². The Morgan fingerprint density at radius 1 is 1.29 bits per heavy atom. The van der Waals surface area contributed by atoms with Gasteiger partial charge in [0.1, 0.15) is 6.10 Å². The highest BCUT2D eigenvalue weighted by Gasteiger charge is 2.38. The van der Waals surface area contributed by atoms with Crippen LogP contribution in [0.4, 0.5) is 0 Å². The van der Waals surface area contributed by atoms with Crippen molar-refractivity contribution < 1.29 is 18.7 Å². The predicted octanol–water partition coefficient (Wildman–Crippen LogP) is 3.53. The van der Waals surface area contributed by atoms with Crippen LogP contribution in [0.2, 0.25) is 0 Å². The molecule has 7 heteroatoms. The first-order valence-corrected chi connectivity index (χ1v) is 7.57. The minimum absolute atomic E-state index is 0.544. The molecule has 0 heterocycles. The molecule has 0 aliphatic rings. The normalized spacial score (nSPS) is 15.6. The molecule has 96 valence electrons. The Kier molecular flexibility index (Phi) is 5.64. The summed E-state index contributed by atoms with van der Waals surface area (Å²) in [6.07, 6.45) is -1.13. The average molecular weight is 344 g/mol. The van der Waals surface area contributed by atoms with Crippen molar-refractivity contribution in [1.29, 1.82) is 0 Å². The standard InChI is InChI=1S/C10H13BrClO4P/c1-15-17(14,16-2)10(12)9(13)7-3-5-8(11)6-4-7/h3-6,9-10,13H,1-2H3/t9-,10+/m0/s1. The fourth-order valence-electron chi connectivity index (χ4n) is 1.27. The first-order chi connectivity index (χ1) is 7.94. The van der Waals surface area contributed by atoms with Crippen LogP contribution in [0.25, 0.3) is 0 Å². The monoisotopic (exact) mass is 342 g/mol. The third-order valence-corrected chi connectivity index (χ3v) is 5.67. The fraction of sp³-hybridized carbons (Fsp3) is 0.400. The molecule has 0 saturated carbocycles. The molecule has 0 radical (unpaired) electrons. The zero-order valence-electron chi connectivity index (χ0n) is 9.34. The minimum atomic E-state index is -3.50. The van der Waals surface area contributed by atoms with E-state index in [0.29, 0.717) is 5.56 Å². The molecule has 1 rings (SSSR count). The number of aliphatic hydroxyl groups is 1. The lowest BCUT2D eigenvalue weighted by Crippen LogP contribution is -2.15. The van der Waals surface area contributed by atoms with Crippen LogP contribution in [0, 0.1) is 0 Å². The molecule has 0 aliphatic carbocycles. The largest absolute Gasteiger partial charge is 0.386 e. The van der Waals surface area contributed by atoms with Crippen molar-refractivity contribution in [2.24, 2.45) is 0 Å². The molecule has 0 saturated heterocycles. The van der Waals surface area contributed by atoms with Gasteiger partial charge in [-0.05, 0) is 17.7 Å². The van der Waals surface area contributed by atoms with Crippen LogP contribution < -0.4 is 0 Å². The third kappa shape index (κ3) is 3.53. The van der Waals surface area contributed by atoms with E-state index in [1.807, 2.05) is 0 Å². The van der Waals surface area contributed by atoms with Crippen molar-refractivity contribution in [3.8, 4) is 0 Å². The van der Waals surface area contributed by atoms with Crippen LogP contribution in [-0.2, 0) is 13.6 Å². The summed E-state index contributed by atoms with van der Waals surface area (Å²) in [4.78, 5) is 0. The van der Waals surface area contributed by atoms with E-state index >= 15 is 0 Å². The SMILES string of the molecule is COP(=O)(OC)[C@@H](Cl)[C@@H](O)c1ccc(Br)cc1. The van der Waals surface area contributed by atoms with Gasteiger partial charge < -0.3 is 14.2 Å². The van der Waals surface area contributed by atoms with Crippen LogP contribution in [-0.4, -0.2) is 24.4 Å². The molecule has 4 nitrogen and oxygen atoms in total. The Bertz CT molecular complexity index is 403. The van der Waals surface area contributed by atoms with Crippen LogP contribution in [0.15, 0.2) is 28.7 Å². The van der Waals surface area contributed by atoms with Gasteiger partial charge in [-0.15, -0.1) is 11.6 Å². The van der Waals surface area contributed by atoms with Gasteiger partial charge in [0.2, 0.25) is 0 Å². The molecule has 0 aliphatic heterocycles. The van der Waals surface area contributed by atoms with Gasteiger partial charge in [0.25, 0.3) is 0 Å². The molecule has 0 fully saturated rings. The predicted molar refractivity (Wildman–Crippen MR) is 70.4 cm³/mol. The van der Waals surface area contributed by atoms with E-state index in [2.05, 4.69) is 15.9 Å². The number of hydrogen-bond donors (Lipinski definition) is 1. The Hall–Kier alpha value is 0.1000. The third-order valence-electron chi connectivity index (χ3n) is 2.28. The van der Waals surface area contributed by atoms with Crippen molar-refractivity contribution in [3.63, 3.8) is 0 Å². The van der Waals surface area contributed by atoms with Gasteiger partial charge in [0.05, 0.1) is 0 Å². The second kappa shape index (κ2) is 6.32.